The van der Waals surface area contributed by atoms with Crippen molar-refractivity contribution < 1.29 is 4.39 Å². The number of likely N-dealkylation sites (N-methyl/N-ethyl adjacent to an activating group) is 1. The summed E-state index contributed by atoms with van der Waals surface area (Å²) >= 11 is 5.92. The summed E-state index contributed by atoms with van der Waals surface area (Å²) in [6.45, 7) is 7.99. The molecule has 5 heteroatoms. The van der Waals surface area contributed by atoms with Gasteiger partial charge in [0, 0.05) is 13.1 Å². The zero-order valence-electron chi connectivity index (χ0n) is 11.4. The molecular weight excluding hydrogens is 265 g/mol. The smallest absolute Gasteiger partial charge is 0.151 e. The van der Waals surface area contributed by atoms with Gasteiger partial charge in [0.15, 0.2) is 5.82 Å². The Labute approximate surface area is 118 Å². The van der Waals surface area contributed by atoms with Crippen molar-refractivity contribution >= 4 is 22.6 Å². The highest BCUT2D eigenvalue weighted by Gasteiger charge is 2.13. The standard InChI is InChI=1S/C14H19ClFN3/c1-3-18(4-2)8-9-19-12-7-5-6-11(16)14(12)17-13(19)10-15/h5-7H,3-4,8-10H2,1-2H3. The van der Waals surface area contributed by atoms with Gasteiger partial charge in [-0.25, -0.2) is 9.37 Å². The largest absolute Gasteiger partial charge is 0.326 e. The number of rotatable bonds is 6. The summed E-state index contributed by atoms with van der Waals surface area (Å²) in [6.07, 6.45) is 0. The minimum Gasteiger partial charge on any atom is -0.326 e. The summed E-state index contributed by atoms with van der Waals surface area (Å²) in [4.78, 5) is 6.62. The number of halogens is 2. The number of para-hydroxylation sites is 1. The van der Waals surface area contributed by atoms with Crippen molar-refractivity contribution in [3.8, 4) is 0 Å². The molecule has 19 heavy (non-hydrogen) atoms. The molecule has 0 aliphatic rings. The summed E-state index contributed by atoms with van der Waals surface area (Å²) in [6, 6.07) is 5.04. The third-order valence-corrected chi connectivity index (χ3v) is 3.70. The first-order valence-corrected chi connectivity index (χ1v) is 7.16. The molecule has 0 amide bonds. The van der Waals surface area contributed by atoms with Crippen LogP contribution in [0.5, 0.6) is 0 Å². The third-order valence-electron chi connectivity index (χ3n) is 3.46. The van der Waals surface area contributed by atoms with Crippen molar-refractivity contribution in [2.45, 2.75) is 26.3 Å². The number of alkyl halides is 1. The average Bonchev–Trinajstić information content (AvgIpc) is 2.79. The Morgan fingerprint density at radius 1 is 1.32 bits per heavy atom. The number of nitrogens with zero attached hydrogens (tertiary/aromatic N) is 3. The van der Waals surface area contributed by atoms with Crippen LogP contribution in [-0.4, -0.2) is 34.1 Å². The van der Waals surface area contributed by atoms with Crippen LogP contribution in [-0.2, 0) is 12.4 Å². The molecule has 2 aromatic rings. The quantitative estimate of drug-likeness (QED) is 0.759. The van der Waals surface area contributed by atoms with Gasteiger partial charge in [0.25, 0.3) is 0 Å². The molecule has 104 valence electrons. The SMILES string of the molecule is CCN(CC)CCn1c(CCl)nc2c(F)cccc21. The molecule has 0 aliphatic heterocycles. The predicted octanol–water partition coefficient (Wildman–Crippen LogP) is 3.26. The molecule has 0 saturated heterocycles. The Morgan fingerprint density at radius 3 is 2.68 bits per heavy atom. The lowest BCUT2D eigenvalue weighted by Crippen LogP contribution is -2.27. The molecule has 1 heterocycles. The summed E-state index contributed by atoms with van der Waals surface area (Å²) < 4.78 is 15.7. The van der Waals surface area contributed by atoms with Gasteiger partial charge in [0.1, 0.15) is 11.3 Å². The summed E-state index contributed by atoms with van der Waals surface area (Å²) in [7, 11) is 0. The summed E-state index contributed by atoms with van der Waals surface area (Å²) in [5.41, 5.74) is 1.24. The fourth-order valence-corrected chi connectivity index (χ4v) is 2.50. The highest BCUT2D eigenvalue weighted by molar-refractivity contribution is 6.16. The minimum absolute atomic E-state index is 0.287. The van der Waals surface area contributed by atoms with E-state index in [-0.39, 0.29) is 5.82 Å². The molecule has 0 bridgehead atoms. The van der Waals surface area contributed by atoms with E-state index >= 15 is 0 Å². The maximum absolute atomic E-state index is 13.7. The van der Waals surface area contributed by atoms with Crippen LogP contribution in [0.25, 0.3) is 11.0 Å². The van der Waals surface area contributed by atoms with E-state index in [0.29, 0.717) is 11.4 Å². The molecule has 1 aromatic carbocycles. The Kier molecular flexibility index (Phi) is 4.77. The van der Waals surface area contributed by atoms with E-state index in [2.05, 4.69) is 23.7 Å². The zero-order valence-corrected chi connectivity index (χ0v) is 12.1. The maximum Gasteiger partial charge on any atom is 0.151 e. The minimum atomic E-state index is -0.287. The van der Waals surface area contributed by atoms with Gasteiger partial charge in [-0.3, -0.25) is 0 Å². The van der Waals surface area contributed by atoms with Gasteiger partial charge in [0.2, 0.25) is 0 Å². The van der Waals surface area contributed by atoms with E-state index in [0.717, 1.165) is 37.5 Å². The predicted molar refractivity (Wildman–Crippen MR) is 77.0 cm³/mol. The monoisotopic (exact) mass is 283 g/mol. The normalized spacial score (nSPS) is 11.6. The van der Waals surface area contributed by atoms with E-state index < -0.39 is 0 Å². The van der Waals surface area contributed by atoms with Gasteiger partial charge in [0.05, 0.1) is 11.4 Å². The molecule has 2 rings (SSSR count). The Balaban J connectivity index is 2.33. The van der Waals surface area contributed by atoms with Crippen molar-refractivity contribution in [1.29, 1.82) is 0 Å². The topological polar surface area (TPSA) is 21.1 Å². The summed E-state index contributed by atoms with van der Waals surface area (Å²) in [5, 5.41) is 0. The molecule has 0 fully saturated rings. The number of imidazole rings is 1. The molecule has 0 spiro atoms. The van der Waals surface area contributed by atoms with Crippen LogP contribution in [0.1, 0.15) is 19.7 Å². The van der Waals surface area contributed by atoms with Crippen molar-refractivity contribution in [2.75, 3.05) is 19.6 Å². The van der Waals surface area contributed by atoms with E-state index in [1.165, 1.54) is 6.07 Å². The molecule has 0 saturated carbocycles. The second-order valence-electron chi connectivity index (χ2n) is 4.45. The highest BCUT2D eigenvalue weighted by Crippen LogP contribution is 2.20. The first kappa shape index (κ1) is 14.3. The molecule has 0 N–H and O–H groups in total. The number of hydrogen-bond acceptors (Lipinski definition) is 2. The molecule has 0 unspecified atom stereocenters. The second kappa shape index (κ2) is 6.35. The molecule has 0 aliphatic carbocycles. The van der Waals surface area contributed by atoms with Crippen molar-refractivity contribution in [3.63, 3.8) is 0 Å². The second-order valence-corrected chi connectivity index (χ2v) is 4.72. The van der Waals surface area contributed by atoms with Crippen molar-refractivity contribution in [3.05, 3.63) is 29.8 Å². The van der Waals surface area contributed by atoms with Crippen LogP contribution in [0.4, 0.5) is 4.39 Å². The van der Waals surface area contributed by atoms with Gasteiger partial charge in [-0.1, -0.05) is 19.9 Å². The number of benzene rings is 1. The lowest BCUT2D eigenvalue weighted by molar-refractivity contribution is 0.291. The van der Waals surface area contributed by atoms with Gasteiger partial charge in [-0.2, -0.15) is 0 Å². The fraction of sp³-hybridized carbons (Fsp3) is 0.500. The Bertz CT molecular complexity index is 549. The van der Waals surface area contributed by atoms with Crippen LogP contribution < -0.4 is 0 Å². The Hall–Kier alpha value is -1.13. The Morgan fingerprint density at radius 2 is 2.05 bits per heavy atom. The van der Waals surface area contributed by atoms with Crippen molar-refractivity contribution in [2.24, 2.45) is 0 Å². The molecule has 0 atom stereocenters. The van der Waals surface area contributed by atoms with Crippen LogP contribution in [0.2, 0.25) is 0 Å². The number of fused-ring (bicyclic) bond motifs is 1. The third kappa shape index (κ3) is 2.90. The molecule has 1 aromatic heterocycles. The number of aromatic nitrogens is 2. The van der Waals surface area contributed by atoms with E-state index in [1.54, 1.807) is 6.07 Å². The average molecular weight is 284 g/mol. The van der Waals surface area contributed by atoms with E-state index in [1.807, 2.05) is 10.6 Å². The molecular formula is C14H19ClFN3. The number of hydrogen-bond donors (Lipinski definition) is 0. The van der Waals surface area contributed by atoms with E-state index in [9.17, 15) is 4.39 Å². The van der Waals surface area contributed by atoms with Gasteiger partial charge < -0.3 is 9.47 Å². The molecule has 3 nitrogen and oxygen atoms in total. The van der Waals surface area contributed by atoms with Gasteiger partial charge >= 0.3 is 0 Å². The van der Waals surface area contributed by atoms with Crippen molar-refractivity contribution in [1.82, 2.24) is 14.5 Å². The van der Waals surface area contributed by atoms with Crippen LogP contribution in [0.3, 0.4) is 0 Å². The fourth-order valence-electron chi connectivity index (χ4n) is 2.29. The summed E-state index contributed by atoms with van der Waals surface area (Å²) in [5.74, 6) is 0.742. The van der Waals surface area contributed by atoms with Gasteiger partial charge in [-0.05, 0) is 25.2 Å². The maximum atomic E-state index is 13.7. The lowest BCUT2D eigenvalue weighted by atomic mass is 10.3. The first-order chi connectivity index (χ1) is 9.21. The first-order valence-electron chi connectivity index (χ1n) is 6.63. The highest BCUT2D eigenvalue weighted by atomic mass is 35.5. The lowest BCUT2D eigenvalue weighted by Gasteiger charge is -2.19. The van der Waals surface area contributed by atoms with E-state index in [4.69, 9.17) is 11.6 Å². The molecule has 0 radical (unpaired) electrons. The zero-order chi connectivity index (χ0) is 13.8. The van der Waals surface area contributed by atoms with Gasteiger partial charge in [-0.15, -0.1) is 11.6 Å². The van der Waals surface area contributed by atoms with Crippen LogP contribution in [0.15, 0.2) is 18.2 Å². The van der Waals surface area contributed by atoms with Crippen LogP contribution in [0, 0.1) is 5.82 Å². The van der Waals surface area contributed by atoms with Crippen LogP contribution >= 0.6 is 11.6 Å².